The zero-order valence-corrected chi connectivity index (χ0v) is 20.6. The fourth-order valence-corrected chi connectivity index (χ4v) is 3.96. The number of hydrogen-bond acceptors (Lipinski definition) is 7. The fourth-order valence-electron chi connectivity index (χ4n) is 3.50. The van der Waals surface area contributed by atoms with Gasteiger partial charge in [-0.1, -0.05) is 11.8 Å². The molecule has 2 rings (SSSR count). The minimum atomic E-state index is -0.463. The second-order valence-corrected chi connectivity index (χ2v) is 9.65. The summed E-state index contributed by atoms with van der Waals surface area (Å²) in [6.07, 6.45) is 3.71. The highest BCUT2D eigenvalue weighted by Crippen LogP contribution is 2.17. The van der Waals surface area contributed by atoms with Crippen LogP contribution in [0.25, 0.3) is 0 Å². The number of aromatic nitrogens is 2. The lowest BCUT2D eigenvalue weighted by Crippen LogP contribution is -2.50. The lowest BCUT2D eigenvalue weighted by Gasteiger charge is -2.35. The summed E-state index contributed by atoms with van der Waals surface area (Å²) < 4.78 is 5.43. The molecule has 0 saturated carbocycles. The average molecular weight is 452 g/mol. The van der Waals surface area contributed by atoms with Gasteiger partial charge in [-0.15, -0.1) is 0 Å². The van der Waals surface area contributed by atoms with Crippen molar-refractivity contribution in [2.45, 2.75) is 64.6 Å². The Morgan fingerprint density at radius 3 is 2.26 bits per heavy atom. The molecular formula is C22H37N5O3S. The van der Waals surface area contributed by atoms with Gasteiger partial charge >= 0.3 is 6.09 Å². The topological polar surface area (TPSA) is 87.7 Å². The first-order chi connectivity index (χ1) is 14.6. The van der Waals surface area contributed by atoms with E-state index < -0.39 is 5.60 Å². The van der Waals surface area contributed by atoms with Crippen molar-refractivity contribution in [1.82, 2.24) is 25.1 Å². The number of aryl methyl sites for hydroxylation is 2. The molecule has 0 radical (unpaired) electrons. The molecule has 0 aromatic carbocycles. The van der Waals surface area contributed by atoms with Crippen molar-refractivity contribution >= 4 is 23.8 Å². The molecule has 1 saturated heterocycles. The molecule has 0 atom stereocenters. The predicted molar refractivity (Wildman–Crippen MR) is 123 cm³/mol. The summed E-state index contributed by atoms with van der Waals surface area (Å²) in [7, 11) is 0. The van der Waals surface area contributed by atoms with E-state index in [1.165, 1.54) is 11.8 Å². The quantitative estimate of drug-likeness (QED) is 0.369. The molecule has 0 spiro atoms. The second kappa shape index (κ2) is 11.7. The molecule has 2 amide bonds. The third-order valence-corrected chi connectivity index (χ3v) is 5.73. The lowest BCUT2D eigenvalue weighted by atomic mass is 10.1. The monoisotopic (exact) mass is 451 g/mol. The van der Waals surface area contributed by atoms with Gasteiger partial charge in [-0.2, -0.15) is 0 Å². The summed E-state index contributed by atoms with van der Waals surface area (Å²) >= 11 is 1.53. The average Bonchev–Trinajstić information content (AvgIpc) is 2.69. The molecule has 9 heteroatoms. The number of hydrogen-bond donors (Lipinski definition) is 1. The van der Waals surface area contributed by atoms with Crippen molar-refractivity contribution in [3.05, 3.63) is 17.0 Å². The van der Waals surface area contributed by atoms with Gasteiger partial charge in [-0.25, -0.2) is 14.8 Å². The maximum atomic E-state index is 12.2. The molecule has 0 bridgehead atoms. The van der Waals surface area contributed by atoms with Crippen molar-refractivity contribution in [3.63, 3.8) is 0 Å². The molecule has 1 aliphatic heterocycles. The van der Waals surface area contributed by atoms with Crippen LogP contribution in [0.4, 0.5) is 4.79 Å². The van der Waals surface area contributed by atoms with Crippen LogP contribution in [0.1, 0.15) is 50.6 Å². The maximum absolute atomic E-state index is 12.2. The molecule has 1 aromatic heterocycles. The third kappa shape index (κ3) is 8.65. The Balaban J connectivity index is 1.62. The number of amides is 2. The van der Waals surface area contributed by atoms with E-state index in [-0.39, 0.29) is 12.0 Å². The molecule has 2 heterocycles. The Kier molecular flexibility index (Phi) is 9.55. The fraction of sp³-hybridized carbons (Fsp3) is 0.727. The molecule has 0 aliphatic carbocycles. The number of thioether (sulfide) groups is 1. The highest BCUT2D eigenvalue weighted by Gasteiger charge is 2.25. The van der Waals surface area contributed by atoms with E-state index in [0.29, 0.717) is 32.5 Å². The van der Waals surface area contributed by atoms with Crippen LogP contribution < -0.4 is 5.32 Å². The minimum Gasteiger partial charge on any atom is -0.444 e. The standard InChI is InChI=1S/C22H37N5O3S/c1-16-18(17(2)25-20(24-16)31-6)8-9-19(28)23-10-7-11-26-12-14-27(15-13-26)21(29)30-22(3,4)5/h7-15H2,1-6H3,(H,23,28). The lowest BCUT2D eigenvalue weighted by molar-refractivity contribution is -0.121. The molecule has 1 aromatic rings. The van der Waals surface area contributed by atoms with Gasteiger partial charge in [-0.3, -0.25) is 9.69 Å². The zero-order chi connectivity index (χ0) is 23.0. The van der Waals surface area contributed by atoms with E-state index in [0.717, 1.165) is 48.2 Å². The first-order valence-corrected chi connectivity index (χ1v) is 12.2. The molecule has 1 fully saturated rings. The predicted octanol–water partition coefficient (Wildman–Crippen LogP) is 2.81. The van der Waals surface area contributed by atoms with Gasteiger partial charge in [0.15, 0.2) is 5.16 Å². The SMILES string of the molecule is CSc1nc(C)c(CCC(=O)NCCCN2CCN(C(=O)OC(C)(C)C)CC2)c(C)n1. The Bertz CT molecular complexity index is 735. The number of nitrogens with one attached hydrogen (secondary N) is 1. The van der Waals surface area contributed by atoms with Crippen LogP contribution >= 0.6 is 11.8 Å². The Morgan fingerprint density at radius 2 is 1.71 bits per heavy atom. The van der Waals surface area contributed by atoms with E-state index in [4.69, 9.17) is 4.74 Å². The van der Waals surface area contributed by atoms with E-state index in [1.54, 1.807) is 4.90 Å². The number of piperazine rings is 1. The normalized spacial score (nSPS) is 15.1. The molecule has 1 N–H and O–H groups in total. The van der Waals surface area contributed by atoms with Gasteiger partial charge in [0.1, 0.15) is 5.60 Å². The van der Waals surface area contributed by atoms with E-state index in [1.807, 2.05) is 40.9 Å². The first kappa shape index (κ1) is 25.4. The van der Waals surface area contributed by atoms with Crippen LogP contribution in [0, 0.1) is 13.8 Å². The van der Waals surface area contributed by atoms with E-state index in [9.17, 15) is 9.59 Å². The summed E-state index contributed by atoms with van der Waals surface area (Å²) in [5.41, 5.74) is 2.51. The molecule has 8 nitrogen and oxygen atoms in total. The number of ether oxygens (including phenoxy) is 1. The summed E-state index contributed by atoms with van der Waals surface area (Å²) in [5.74, 6) is 0.0579. The summed E-state index contributed by atoms with van der Waals surface area (Å²) in [6, 6.07) is 0. The van der Waals surface area contributed by atoms with Crippen molar-refractivity contribution in [2.75, 3.05) is 45.5 Å². The number of carbonyl (C=O) groups excluding carboxylic acids is 2. The largest absolute Gasteiger partial charge is 0.444 e. The van der Waals surface area contributed by atoms with E-state index >= 15 is 0 Å². The van der Waals surface area contributed by atoms with Crippen LogP contribution in [-0.2, 0) is 16.0 Å². The van der Waals surface area contributed by atoms with E-state index in [2.05, 4.69) is 20.2 Å². The van der Waals surface area contributed by atoms with Crippen molar-refractivity contribution < 1.29 is 14.3 Å². The van der Waals surface area contributed by atoms with Gasteiger partial charge in [-0.05, 0) is 65.8 Å². The Hall–Kier alpha value is -1.87. The Morgan fingerprint density at radius 1 is 1.10 bits per heavy atom. The van der Waals surface area contributed by atoms with Gasteiger partial charge < -0.3 is 15.0 Å². The first-order valence-electron chi connectivity index (χ1n) is 10.9. The van der Waals surface area contributed by atoms with Crippen LogP contribution in [0.3, 0.4) is 0 Å². The molecule has 0 unspecified atom stereocenters. The molecule has 31 heavy (non-hydrogen) atoms. The number of carbonyl (C=O) groups is 2. The highest BCUT2D eigenvalue weighted by molar-refractivity contribution is 7.98. The van der Waals surface area contributed by atoms with Crippen molar-refractivity contribution in [2.24, 2.45) is 0 Å². The molecular weight excluding hydrogens is 414 g/mol. The summed E-state index contributed by atoms with van der Waals surface area (Å²) in [5, 5.41) is 3.78. The van der Waals surface area contributed by atoms with Crippen molar-refractivity contribution in [1.29, 1.82) is 0 Å². The van der Waals surface area contributed by atoms with Gasteiger partial charge in [0.25, 0.3) is 0 Å². The Labute approximate surface area is 190 Å². The maximum Gasteiger partial charge on any atom is 0.410 e. The highest BCUT2D eigenvalue weighted by atomic mass is 32.2. The smallest absolute Gasteiger partial charge is 0.410 e. The van der Waals surface area contributed by atoms with Gasteiger partial charge in [0.2, 0.25) is 5.91 Å². The van der Waals surface area contributed by atoms with Crippen LogP contribution in [0.2, 0.25) is 0 Å². The molecule has 1 aliphatic rings. The van der Waals surface area contributed by atoms with Gasteiger partial charge in [0, 0.05) is 50.5 Å². The van der Waals surface area contributed by atoms with Crippen LogP contribution in [-0.4, -0.2) is 82.9 Å². The summed E-state index contributed by atoms with van der Waals surface area (Å²) in [4.78, 5) is 37.4. The number of rotatable bonds is 8. The van der Waals surface area contributed by atoms with Crippen molar-refractivity contribution in [3.8, 4) is 0 Å². The van der Waals surface area contributed by atoms with Crippen LogP contribution in [0.5, 0.6) is 0 Å². The third-order valence-electron chi connectivity index (χ3n) is 5.18. The second-order valence-electron chi connectivity index (χ2n) is 8.87. The minimum absolute atomic E-state index is 0.0579. The van der Waals surface area contributed by atoms with Gasteiger partial charge in [0.05, 0.1) is 0 Å². The van der Waals surface area contributed by atoms with Crippen LogP contribution in [0.15, 0.2) is 5.16 Å². The zero-order valence-electron chi connectivity index (χ0n) is 19.8. The summed E-state index contributed by atoms with van der Waals surface area (Å²) in [6.45, 7) is 14.2. The molecule has 174 valence electrons. The number of nitrogens with zero attached hydrogens (tertiary/aromatic N) is 4.